The Balaban J connectivity index is 1.44. The Morgan fingerprint density at radius 2 is 1.84 bits per heavy atom. The molecule has 1 aromatic heterocycles. The van der Waals surface area contributed by atoms with E-state index < -0.39 is 11.7 Å². The minimum Gasteiger partial charge on any atom is -0.324 e. The average Bonchev–Trinajstić information content (AvgIpc) is 3.02. The monoisotopic (exact) mass is 420 g/mol. The molecule has 31 heavy (non-hydrogen) atoms. The molecule has 0 spiro atoms. The molecule has 0 bridgehead atoms. The highest BCUT2D eigenvalue weighted by molar-refractivity contribution is 6.00. The zero-order valence-electron chi connectivity index (χ0n) is 17.5. The summed E-state index contributed by atoms with van der Waals surface area (Å²) in [5.74, 6) is 0.573. The number of hydrogen-bond donors (Lipinski definition) is 1. The van der Waals surface area contributed by atoms with Gasteiger partial charge < -0.3 is 9.88 Å². The van der Waals surface area contributed by atoms with E-state index in [0.29, 0.717) is 17.0 Å². The highest BCUT2D eigenvalue weighted by Crippen LogP contribution is 2.26. The van der Waals surface area contributed by atoms with Crippen molar-refractivity contribution < 1.29 is 14.0 Å². The first-order valence-corrected chi connectivity index (χ1v) is 10.6. The number of amides is 1. The van der Waals surface area contributed by atoms with Crippen LogP contribution in [0.1, 0.15) is 53.8 Å². The van der Waals surface area contributed by atoms with E-state index in [9.17, 15) is 14.0 Å². The molecular formula is C24H25FN4O2. The molecule has 1 amide bonds. The van der Waals surface area contributed by atoms with Crippen molar-refractivity contribution in [2.45, 2.75) is 52.0 Å². The third kappa shape index (κ3) is 4.87. The fourth-order valence-corrected chi connectivity index (χ4v) is 3.78. The van der Waals surface area contributed by atoms with Gasteiger partial charge in [0.15, 0.2) is 11.6 Å². The van der Waals surface area contributed by atoms with E-state index >= 15 is 0 Å². The van der Waals surface area contributed by atoms with Crippen molar-refractivity contribution >= 4 is 17.4 Å². The molecule has 0 atom stereocenters. The standard InChI is InChI=1S/C24H25FN4O2/c1-16-6-8-17(9-7-16)21(30)12-13-23(31)26-20-15-18(10-11-19(20)25)24-28-27-22-5-3-2-4-14-29(22)24/h6-11,15H,2-5,12-14H2,1H3,(H,26,31). The van der Waals surface area contributed by atoms with Crippen molar-refractivity contribution in [1.82, 2.24) is 14.8 Å². The van der Waals surface area contributed by atoms with Gasteiger partial charge in [-0.05, 0) is 38.0 Å². The first kappa shape index (κ1) is 20.9. The van der Waals surface area contributed by atoms with Gasteiger partial charge in [-0.2, -0.15) is 0 Å². The molecule has 6 nitrogen and oxygen atoms in total. The van der Waals surface area contributed by atoms with Gasteiger partial charge >= 0.3 is 0 Å². The summed E-state index contributed by atoms with van der Waals surface area (Å²) in [4.78, 5) is 24.6. The average molecular weight is 420 g/mol. The molecule has 0 unspecified atom stereocenters. The summed E-state index contributed by atoms with van der Waals surface area (Å²) in [6, 6.07) is 11.8. The van der Waals surface area contributed by atoms with Gasteiger partial charge in [-0.15, -0.1) is 10.2 Å². The number of benzene rings is 2. The maximum absolute atomic E-state index is 14.4. The minimum absolute atomic E-state index is 0.0172. The lowest BCUT2D eigenvalue weighted by atomic mass is 10.0. The Kier molecular flexibility index (Phi) is 6.21. The van der Waals surface area contributed by atoms with E-state index in [-0.39, 0.29) is 24.3 Å². The van der Waals surface area contributed by atoms with Crippen LogP contribution < -0.4 is 5.32 Å². The number of anilines is 1. The van der Waals surface area contributed by atoms with Crippen molar-refractivity contribution in [3.8, 4) is 11.4 Å². The summed E-state index contributed by atoms with van der Waals surface area (Å²) in [7, 11) is 0. The second-order valence-electron chi connectivity index (χ2n) is 7.93. The number of carbonyl (C=O) groups is 2. The Labute approximate surface area is 180 Å². The summed E-state index contributed by atoms with van der Waals surface area (Å²) >= 11 is 0. The van der Waals surface area contributed by atoms with E-state index in [1.54, 1.807) is 24.3 Å². The van der Waals surface area contributed by atoms with Gasteiger partial charge in [-0.1, -0.05) is 36.2 Å². The summed E-state index contributed by atoms with van der Waals surface area (Å²) in [5.41, 5.74) is 2.41. The van der Waals surface area contributed by atoms with Gasteiger partial charge in [0.25, 0.3) is 0 Å². The van der Waals surface area contributed by atoms with E-state index in [1.165, 1.54) is 6.07 Å². The number of carbonyl (C=O) groups excluding carboxylic acids is 2. The minimum atomic E-state index is -0.530. The lowest BCUT2D eigenvalue weighted by Crippen LogP contribution is -2.14. The molecule has 1 aliphatic heterocycles. The van der Waals surface area contributed by atoms with E-state index in [1.807, 2.05) is 19.1 Å². The molecule has 0 radical (unpaired) electrons. The summed E-state index contributed by atoms with van der Waals surface area (Å²) in [5, 5.41) is 11.2. The van der Waals surface area contributed by atoms with Crippen LogP contribution in [-0.2, 0) is 17.8 Å². The van der Waals surface area contributed by atoms with Gasteiger partial charge in [-0.25, -0.2) is 4.39 Å². The topological polar surface area (TPSA) is 76.9 Å². The number of aromatic nitrogens is 3. The molecule has 1 aliphatic rings. The lowest BCUT2D eigenvalue weighted by Gasteiger charge is -2.10. The van der Waals surface area contributed by atoms with Crippen LogP contribution in [0.5, 0.6) is 0 Å². The smallest absolute Gasteiger partial charge is 0.224 e. The number of halogens is 1. The molecule has 3 aromatic rings. The molecule has 4 rings (SSSR count). The molecule has 7 heteroatoms. The van der Waals surface area contributed by atoms with Gasteiger partial charge in [0, 0.05) is 36.9 Å². The summed E-state index contributed by atoms with van der Waals surface area (Å²) in [6.45, 7) is 2.78. The van der Waals surface area contributed by atoms with Crippen molar-refractivity contribution in [2.24, 2.45) is 0 Å². The van der Waals surface area contributed by atoms with Gasteiger partial charge in [-0.3, -0.25) is 9.59 Å². The van der Waals surface area contributed by atoms with Crippen molar-refractivity contribution in [2.75, 3.05) is 5.32 Å². The first-order valence-electron chi connectivity index (χ1n) is 10.6. The molecule has 0 saturated carbocycles. The van der Waals surface area contributed by atoms with Gasteiger partial charge in [0.1, 0.15) is 11.6 Å². The first-order chi connectivity index (χ1) is 15.0. The predicted octanol–water partition coefficient (Wildman–Crippen LogP) is 4.72. The number of hydrogen-bond acceptors (Lipinski definition) is 4. The number of nitrogens with zero attached hydrogens (tertiary/aromatic N) is 3. The third-order valence-electron chi connectivity index (χ3n) is 5.56. The van der Waals surface area contributed by atoms with Crippen LogP contribution in [0.2, 0.25) is 0 Å². The Morgan fingerprint density at radius 1 is 1.03 bits per heavy atom. The number of fused-ring (bicyclic) bond motifs is 1. The maximum Gasteiger partial charge on any atom is 0.224 e. The predicted molar refractivity (Wildman–Crippen MR) is 116 cm³/mol. The molecule has 1 N–H and O–H groups in total. The van der Waals surface area contributed by atoms with Crippen LogP contribution >= 0.6 is 0 Å². The zero-order chi connectivity index (χ0) is 21.8. The normalized spacial score (nSPS) is 13.4. The number of ketones is 1. The van der Waals surface area contributed by atoms with Crippen LogP contribution in [0.25, 0.3) is 11.4 Å². The number of aryl methyl sites for hydroxylation is 2. The van der Waals surface area contributed by atoms with Crippen molar-refractivity contribution in [3.05, 3.63) is 65.2 Å². The summed E-state index contributed by atoms with van der Waals surface area (Å²) < 4.78 is 16.4. The quantitative estimate of drug-likeness (QED) is 0.586. The Bertz CT molecular complexity index is 1110. The van der Waals surface area contributed by atoms with Crippen LogP contribution in [0.15, 0.2) is 42.5 Å². The number of nitrogens with one attached hydrogen (secondary N) is 1. The molecule has 0 fully saturated rings. The number of Topliss-reactive ketones (excluding diaryl/α,β-unsaturated/α-hetero) is 1. The highest BCUT2D eigenvalue weighted by atomic mass is 19.1. The second-order valence-corrected chi connectivity index (χ2v) is 7.93. The van der Waals surface area contributed by atoms with Gasteiger partial charge in [0.05, 0.1) is 5.69 Å². The fourth-order valence-electron chi connectivity index (χ4n) is 3.78. The van der Waals surface area contributed by atoms with Crippen LogP contribution in [0.4, 0.5) is 10.1 Å². The second kappa shape index (κ2) is 9.20. The molecule has 2 heterocycles. The summed E-state index contributed by atoms with van der Waals surface area (Å²) in [6.07, 6.45) is 4.22. The molecule has 2 aromatic carbocycles. The van der Waals surface area contributed by atoms with Crippen LogP contribution in [0.3, 0.4) is 0 Å². The van der Waals surface area contributed by atoms with Crippen molar-refractivity contribution in [3.63, 3.8) is 0 Å². The highest BCUT2D eigenvalue weighted by Gasteiger charge is 2.18. The third-order valence-corrected chi connectivity index (χ3v) is 5.56. The van der Waals surface area contributed by atoms with E-state index in [4.69, 9.17) is 0 Å². The molecule has 160 valence electrons. The molecular weight excluding hydrogens is 395 g/mol. The molecule has 0 saturated heterocycles. The van der Waals surface area contributed by atoms with Crippen LogP contribution in [0, 0.1) is 12.7 Å². The Hall–Kier alpha value is -3.35. The van der Waals surface area contributed by atoms with E-state index in [2.05, 4.69) is 20.1 Å². The largest absolute Gasteiger partial charge is 0.324 e. The molecule has 0 aliphatic carbocycles. The Morgan fingerprint density at radius 3 is 2.65 bits per heavy atom. The van der Waals surface area contributed by atoms with Crippen molar-refractivity contribution in [1.29, 1.82) is 0 Å². The van der Waals surface area contributed by atoms with E-state index in [0.717, 1.165) is 43.6 Å². The van der Waals surface area contributed by atoms with Crippen LogP contribution in [-0.4, -0.2) is 26.5 Å². The number of rotatable bonds is 6. The SMILES string of the molecule is Cc1ccc(C(=O)CCC(=O)Nc2cc(-c3nnc4n3CCCCC4)ccc2F)cc1. The maximum atomic E-state index is 14.4. The lowest BCUT2D eigenvalue weighted by molar-refractivity contribution is -0.116. The zero-order valence-corrected chi connectivity index (χ0v) is 17.5. The van der Waals surface area contributed by atoms with Gasteiger partial charge in [0.2, 0.25) is 5.91 Å². The fraction of sp³-hybridized carbons (Fsp3) is 0.333.